The van der Waals surface area contributed by atoms with Gasteiger partial charge >= 0.3 is 4.87 Å². The first-order valence-electron chi connectivity index (χ1n) is 11.7. The lowest BCUT2D eigenvalue weighted by atomic mass is 9.87. The van der Waals surface area contributed by atoms with Crippen molar-refractivity contribution in [3.05, 3.63) is 66.8 Å². The first-order chi connectivity index (χ1) is 17.4. The zero-order valence-electron chi connectivity index (χ0n) is 19.4. The standard InChI is InChI=1S/C25H23N3O5S3/c1-14-4-6-15(7-5-14)28-22(30)19-18(16-3-2-12-34-16)21-24(35-20(19)23(28)31)27(25(32)36-21)13-17(29)26-8-10-33-11-9-26/h2-7,12,18-20H,8-11,13H2,1H3/t18-,19?,20?/m1/s1. The normalized spacial score (nSPS) is 23.6. The van der Waals surface area contributed by atoms with Gasteiger partial charge in [-0.2, -0.15) is 0 Å². The van der Waals surface area contributed by atoms with Gasteiger partial charge < -0.3 is 9.64 Å². The molecule has 36 heavy (non-hydrogen) atoms. The number of rotatable bonds is 4. The molecule has 2 unspecified atom stereocenters. The Morgan fingerprint density at radius 3 is 2.50 bits per heavy atom. The van der Waals surface area contributed by atoms with E-state index in [0.29, 0.717) is 37.0 Å². The van der Waals surface area contributed by atoms with Crippen LogP contribution < -0.4 is 9.77 Å². The number of hydrogen-bond donors (Lipinski definition) is 0. The van der Waals surface area contributed by atoms with Gasteiger partial charge in [-0.05, 0) is 30.5 Å². The first kappa shape index (κ1) is 23.7. The monoisotopic (exact) mass is 541 g/mol. The minimum Gasteiger partial charge on any atom is -0.378 e. The van der Waals surface area contributed by atoms with E-state index in [-0.39, 0.29) is 29.1 Å². The molecule has 0 spiro atoms. The number of nitrogens with zero attached hydrogens (tertiary/aromatic N) is 3. The van der Waals surface area contributed by atoms with E-state index in [0.717, 1.165) is 26.7 Å². The smallest absolute Gasteiger partial charge is 0.308 e. The number of thioether (sulfide) groups is 1. The quantitative estimate of drug-likeness (QED) is 0.472. The summed E-state index contributed by atoms with van der Waals surface area (Å²) in [4.78, 5) is 58.0. The predicted molar refractivity (Wildman–Crippen MR) is 139 cm³/mol. The summed E-state index contributed by atoms with van der Waals surface area (Å²) in [6.45, 7) is 3.81. The van der Waals surface area contributed by atoms with Crippen LogP contribution in [0.25, 0.3) is 0 Å². The van der Waals surface area contributed by atoms with E-state index >= 15 is 0 Å². The number of morpholine rings is 1. The fourth-order valence-electron chi connectivity index (χ4n) is 5.03. The molecule has 2 fully saturated rings. The van der Waals surface area contributed by atoms with Gasteiger partial charge in [0.2, 0.25) is 17.7 Å². The highest BCUT2D eigenvalue weighted by atomic mass is 32.2. The maximum Gasteiger partial charge on any atom is 0.308 e. The van der Waals surface area contributed by atoms with Gasteiger partial charge in [0.05, 0.1) is 29.8 Å². The number of thiophene rings is 1. The molecule has 0 N–H and O–H groups in total. The molecule has 1 aromatic carbocycles. The van der Waals surface area contributed by atoms with E-state index < -0.39 is 17.1 Å². The molecule has 0 radical (unpaired) electrons. The van der Waals surface area contributed by atoms with E-state index in [1.807, 2.05) is 36.6 Å². The summed E-state index contributed by atoms with van der Waals surface area (Å²) in [7, 11) is 0. The number of fused-ring (bicyclic) bond motifs is 2. The summed E-state index contributed by atoms with van der Waals surface area (Å²) in [5.41, 5.74) is 1.59. The average molecular weight is 542 g/mol. The van der Waals surface area contributed by atoms with Gasteiger partial charge in [-0.15, -0.1) is 11.3 Å². The van der Waals surface area contributed by atoms with Gasteiger partial charge in [-0.1, -0.05) is 46.9 Å². The molecule has 2 aromatic heterocycles. The summed E-state index contributed by atoms with van der Waals surface area (Å²) >= 11 is 3.84. The van der Waals surface area contributed by atoms with Gasteiger partial charge in [-0.3, -0.25) is 23.7 Å². The number of imide groups is 1. The molecule has 8 nitrogen and oxygen atoms in total. The maximum atomic E-state index is 13.8. The van der Waals surface area contributed by atoms with Crippen LogP contribution in [0.1, 0.15) is 21.2 Å². The zero-order valence-corrected chi connectivity index (χ0v) is 21.9. The van der Waals surface area contributed by atoms with Crippen molar-refractivity contribution in [2.45, 2.75) is 29.7 Å². The highest BCUT2D eigenvalue weighted by Gasteiger charge is 2.57. The lowest BCUT2D eigenvalue weighted by Gasteiger charge is -2.30. The van der Waals surface area contributed by atoms with Crippen LogP contribution in [0.4, 0.5) is 5.69 Å². The molecular formula is C25H23N3O5S3. The summed E-state index contributed by atoms with van der Waals surface area (Å²) in [5, 5.41) is 1.89. The van der Waals surface area contributed by atoms with Crippen molar-refractivity contribution >= 4 is 57.8 Å². The van der Waals surface area contributed by atoms with E-state index in [4.69, 9.17) is 4.74 Å². The third kappa shape index (κ3) is 3.85. The van der Waals surface area contributed by atoms with Crippen molar-refractivity contribution in [1.82, 2.24) is 9.47 Å². The first-order valence-corrected chi connectivity index (χ1v) is 14.2. The summed E-state index contributed by atoms with van der Waals surface area (Å²) in [6.07, 6.45) is 0. The SMILES string of the molecule is Cc1ccc(N2C(=O)C3Sc4c(sc(=O)n4CC(=O)N4CCOCC4)[C@H](c4cccs4)C3C2=O)cc1. The fourth-order valence-corrected chi connectivity index (χ4v) is 8.75. The minimum atomic E-state index is -0.669. The maximum absolute atomic E-state index is 13.8. The fraction of sp³-hybridized carbons (Fsp3) is 0.360. The highest BCUT2D eigenvalue weighted by molar-refractivity contribution is 8.00. The van der Waals surface area contributed by atoms with Crippen LogP contribution in [-0.4, -0.2) is 58.7 Å². The molecule has 0 saturated carbocycles. The van der Waals surface area contributed by atoms with Gasteiger partial charge in [0, 0.05) is 28.8 Å². The molecular weight excluding hydrogens is 518 g/mol. The van der Waals surface area contributed by atoms with Crippen LogP contribution >= 0.6 is 34.4 Å². The Morgan fingerprint density at radius 2 is 1.81 bits per heavy atom. The zero-order chi connectivity index (χ0) is 25.0. The van der Waals surface area contributed by atoms with Gasteiger partial charge in [0.25, 0.3) is 0 Å². The van der Waals surface area contributed by atoms with Crippen molar-refractivity contribution in [3.8, 4) is 0 Å². The number of amides is 3. The van der Waals surface area contributed by atoms with Crippen LogP contribution in [0.3, 0.4) is 0 Å². The van der Waals surface area contributed by atoms with E-state index in [9.17, 15) is 19.2 Å². The van der Waals surface area contributed by atoms with Crippen molar-refractivity contribution in [2.75, 3.05) is 31.2 Å². The molecule has 3 amide bonds. The Hall–Kier alpha value is -2.73. The van der Waals surface area contributed by atoms with Crippen LogP contribution in [0.2, 0.25) is 0 Å². The number of carbonyl (C=O) groups excluding carboxylic acids is 3. The van der Waals surface area contributed by atoms with Crippen LogP contribution in [0, 0.1) is 12.8 Å². The molecule has 3 aliphatic heterocycles. The number of anilines is 1. The summed E-state index contributed by atoms with van der Waals surface area (Å²) < 4.78 is 6.83. The molecule has 11 heteroatoms. The van der Waals surface area contributed by atoms with E-state index in [1.165, 1.54) is 32.6 Å². The molecule has 2 saturated heterocycles. The second-order valence-electron chi connectivity index (χ2n) is 9.02. The Morgan fingerprint density at radius 1 is 1.06 bits per heavy atom. The highest BCUT2D eigenvalue weighted by Crippen LogP contribution is 2.54. The topological polar surface area (TPSA) is 88.9 Å². The van der Waals surface area contributed by atoms with Gasteiger partial charge in [-0.25, -0.2) is 4.90 Å². The summed E-state index contributed by atoms with van der Waals surface area (Å²) in [6, 6.07) is 11.2. The number of thiazole rings is 1. The van der Waals surface area contributed by atoms with Gasteiger partial charge in [0.1, 0.15) is 11.8 Å². The third-order valence-corrected chi connectivity index (χ3v) is 10.4. The third-order valence-electron chi connectivity index (χ3n) is 6.85. The molecule has 6 rings (SSSR count). The minimum absolute atomic E-state index is 0.0873. The Bertz CT molecular complexity index is 1390. The second-order valence-corrected chi connectivity index (χ2v) is 12.1. The average Bonchev–Trinajstić information content (AvgIpc) is 3.58. The van der Waals surface area contributed by atoms with Crippen molar-refractivity contribution in [3.63, 3.8) is 0 Å². The molecule has 3 atom stereocenters. The van der Waals surface area contributed by atoms with E-state index in [1.54, 1.807) is 17.0 Å². The van der Waals surface area contributed by atoms with Gasteiger partial charge in [0.15, 0.2) is 0 Å². The Kier molecular flexibility index (Phi) is 6.11. The molecule has 3 aromatic rings. The molecule has 3 aliphatic rings. The molecule has 0 aliphatic carbocycles. The van der Waals surface area contributed by atoms with E-state index in [2.05, 4.69) is 0 Å². The lowest BCUT2D eigenvalue weighted by molar-refractivity contribution is -0.136. The number of ether oxygens (including phenoxy) is 1. The number of aryl methyl sites for hydroxylation is 1. The van der Waals surface area contributed by atoms with Crippen molar-refractivity contribution in [1.29, 1.82) is 0 Å². The molecule has 186 valence electrons. The van der Waals surface area contributed by atoms with Crippen LogP contribution in [0.15, 0.2) is 51.6 Å². The second kappa shape index (κ2) is 9.29. The van der Waals surface area contributed by atoms with Crippen molar-refractivity contribution in [2.24, 2.45) is 5.92 Å². The largest absolute Gasteiger partial charge is 0.378 e. The predicted octanol–water partition coefficient (Wildman–Crippen LogP) is 2.93. The number of hydrogen-bond acceptors (Lipinski definition) is 8. The Balaban J connectivity index is 1.41. The number of benzene rings is 1. The lowest BCUT2D eigenvalue weighted by Crippen LogP contribution is -2.43. The van der Waals surface area contributed by atoms with Crippen LogP contribution in [-0.2, 0) is 25.7 Å². The molecule has 5 heterocycles. The summed E-state index contributed by atoms with van der Waals surface area (Å²) in [5.74, 6) is -1.70. The number of aromatic nitrogens is 1. The van der Waals surface area contributed by atoms with Crippen LogP contribution in [0.5, 0.6) is 0 Å². The van der Waals surface area contributed by atoms with Crippen molar-refractivity contribution < 1.29 is 19.1 Å². The molecule has 0 bridgehead atoms. The number of carbonyl (C=O) groups is 3. The Labute approximate surface area is 219 Å².